The highest BCUT2D eigenvalue weighted by atomic mass is 16.5. The molecule has 0 aromatic carbocycles. The summed E-state index contributed by atoms with van der Waals surface area (Å²) in [4.78, 5) is 11.9. The Balaban J connectivity index is 1.26. The van der Waals surface area contributed by atoms with Crippen LogP contribution in [0.3, 0.4) is 0 Å². The summed E-state index contributed by atoms with van der Waals surface area (Å²) in [6.45, 7) is 3.45. The van der Waals surface area contributed by atoms with Gasteiger partial charge in [0.05, 0.1) is 12.7 Å². The second kappa shape index (κ2) is 5.57. The average Bonchev–Trinajstić information content (AvgIpc) is 3.02. The molecule has 4 nitrogen and oxygen atoms in total. The van der Waals surface area contributed by atoms with Gasteiger partial charge in [0.25, 0.3) is 0 Å². The van der Waals surface area contributed by atoms with E-state index in [1.807, 2.05) is 0 Å². The fourth-order valence-corrected chi connectivity index (χ4v) is 3.44. The maximum absolute atomic E-state index is 11.9. The Morgan fingerprint density at radius 3 is 2.61 bits per heavy atom. The van der Waals surface area contributed by atoms with Crippen molar-refractivity contribution in [1.29, 1.82) is 0 Å². The third-order valence-corrected chi connectivity index (χ3v) is 4.66. The highest BCUT2D eigenvalue weighted by Crippen LogP contribution is 2.54. The highest BCUT2D eigenvalue weighted by molar-refractivity contribution is 5.79. The van der Waals surface area contributed by atoms with Crippen molar-refractivity contribution in [3.63, 3.8) is 0 Å². The summed E-state index contributed by atoms with van der Waals surface area (Å²) in [6.07, 6.45) is 6.22. The fraction of sp³-hybridized carbons (Fsp3) is 0.929. The number of carbonyl (C=O) groups is 1. The van der Waals surface area contributed by atoms with Crippen LogP contribution in [0.25, 0.3) is 0 Å². The first-order valence-corrected chi connectivity index (χ1v) is 7.43. The number of amides is 1. The van der Waals surface area contributed by atoms with Crippen LogP contribution >= 0.6 is 0 Å². The highest BCUT2D eigenvalue weighted by Gasteiger charge is 2.47. The zero-order valence-electron chi connectivity index (χ0n) is 11.0. The van der Waals surface area contributed by atoms with Gasteiger partial charge in [-0.3, -0.25) is 4.79 Å². The van der Waals surface area contributed by atoms with E-state index in [9.17, 15) is 4.79 Å². The van der Waals surface area contributed by atoms with Crippen molar-refractivity contribution in [3.8, 4) is 0 Å². The predicted octanol–water partition coefficient (Wildman–Crippen LogP) is 0.917. The maximum atomic E-state index is 11.9. The van der Waals surface area contributed by atoms with E-state index in [1.54, 1.807) is 0 Å². The lowest BCUT2D eigenvalue weighted by atomic mass is 10.0. The molecule has 2 unspecified atom stereocenters. The van der Waals surface area contributed by atoms with E-state index in [0.29, 0.717) is 25.2 Å². The predicted molar refractivity (Wildman–Crippen MR) is 69.2 cm³/mol. The Morgan fingerprint density at radius 1 is 1.17 bits per heavy atom. The van der Waals surface area contributed by atoms with E-state index < -0.39 is 0 Å². The number of nitrogens with one attached hydrogen (secondary N) is 2. The van der Waals surface area contributed by atoms with E-state index in [1.165, 1.54) is 6.42 Å². The summed E-state index contributed by atoms with van der Waals surface area (Å²) in [5.41, 5.74) is 0. The van der Waals surface area contributed by atoms with Gasteiger partial charge in [0.15, 0.2) is 0 Å². The quantitative estimate of drug-likeness (QED) is 0.715. The van der Waals surface area contributed by atoms with Gasteiger partial charge in [0, 0.05) is 12.5 Å². The third kappa shape index (κ3) is 3.04. The third-order valence-electron chi connectivity index (χ3n) is 4.66. The molecule has 3 fully saturated rings. The molecule has 0 spiro atoms. The van der Waals surface area contributed by atoms with Crippen LogP contribution in [0.4, 0.5) is 0 Å². The maximum Gasteiger partial charge on any atom is 0.223 e. The molecule has 2 N–H and O–H groups in total. The Kier molecular flexibility index (Phi) is 3.85. The van der Waals surface area contributed by atoms with Crippen molar-refractivity contribution in [1.82, 2.24) is 10.6 Å². The molecule has 2 saturated carbocycles. The van der Waals surface area contributed by atoms with Gasteiger partial charge in [-0.2, -0.15) is 0 Å². The molecule has 1 saturated heterocycles. The molecule has 1 amide bonds. The lowest BCUT2D eigenvalue weighted by Gasteiger charge is -2.23. The second-order valence-corrected chi connectivity index (χ2v) is 6.04. The monoisotopic (exact) mass is 252 g/mol. The van der Waals surface area contributed by atoms with Crippen molar-refractivity contribution >= 4 is 5.91 Å². The van der Waals surface area contributed by atoms with E-state index in [0.717, 1.165) is 50.6 Å². The molecule has 3 rings (SSSR count). The number of fused-ring (bicyclic) bond motifs is 1. The number of hydrogen-bond donors (Lipinski definition) is 2. The number of ether oxygens (including phenoxy) is 1. The van der Waals surface area contributed by atoms with Crippen LogP contribution in [0.2, 0.25) is 0 Å². The van der Waals surface area contributed by atoms with Gasteiger partial charge >= 0.3 is 0 Å². The van der Waals surface area contributed by atoms with Crippen molar-refractivity contribution in [3.05, 3.63) is 0 Å². The molecular weight excluding hydrogens is 228 g/mol. The Bertz CT molecular complexity index is 292. The minimum absolute atomic E-state index is 0.260. The zero-order chi connectivity index (χ0) is 12.4. The van der Waals surface area contributed by atoms with Crippen molar-refractivity contribution in [2.75, 3.05) is 26.2 Å². The smallest absolute Gasteiger partial charge is 0.223 e. The standard InChI is InChI=1S/C14H24N2O2/c17-14(12-8-10-7-11(10)9-12)16-5-6-18-13-1-3-15-4-2-13/h10-13,15H,1-9H2,(H,16,17). The first-order valence-electron chi connectivity index (χ1n) is 7.43. The topological polar surface area (TPSA) is 50.4 Å². The second-order valence-electron chi connectivity index (χ2n) is 6.04. The van der Waals surface area contributed by atoms with E-state index >= 15 is 0 Å². The van der Waals surface area contributed by atoms with E-state index in [4.69, 9.17) is 4.74 Å². The number of carbonyl (C=O) groups excluding carboxylic acids is 1. The van der Waals surface area contributed by atoms with Crippen LogP contribution in [0.15, 0.2) is 0 Å². The lowest BCUT2D eigenvalue weighted by Crippen LogP contribution is -2.36. The van der Waals surface area contributed by atoms with E-state index in [2.05, 4.69) is 10.6 Å². The first-order chi connectivity index (χ1) is 8.83. The molecule has 2 atom stereocenters. The normalized spacial score (nSPS) is 35.2. The van der Waals surface area contributed by atoms with Crippen LogP contribution in [0, 0.1) is 17.8 Å². The van der Waals surface area contributed by atoms with Crippen molar-refractivity contribution in [2.24, 2.45) is 17.8 Å². The molecule has 0 bridgehead atoms. The van der Waals surface area contributed by atoms with Gasteiger partial charge in [-0.15, -0.1) is 0 Å². The summed E-state index contributed by atoms with van der Waals surface area (Å²) >= 11 is 0. The van der Waals surface area contributed by atoms with Gasteiger partial charge in [-0.05, 0) is 57.0 Å². The molecule has 3 aliphatic rings. The molecule has 0 aromatic heterocycles. The molecule has 1 aliphatic heterocycles. The minimum Gasteiger partial charge on any atom is -0.376 e. The van der Waals surface area contributed by atoms with Crippen LogP contribution in [0.1, 0.15) is 32.1 Å². The van der Waals surface area contributed by atoms with Crippen LogP contribution in [0.5, 0.6) is 0 Å². The molecule has 4 heteroatoms. The number of rotatable bonds is 5. The molecule has 18 heavy (non-hydrogen) atoms. The first kappa shape index (κ1) is 12.4. The molecule has 0 radical (unpaired) electrons. The summed E-state index contributed by atoms with van der Waals surface area (Å²) in [7, 11) is 0. The Hall–Kier alpha value is -0.610. The number of hydrogen-bond acceptors (Lipinski definition) is 3. The Labute approximate surface area is 109 Å². The van der Waals surface area contributed by atoms with Gasteiger partial charge in [0.1, 0.15) is 0 Å². The van der Waals surface area contributed by atoms with Crippen LogP contribution in [-0.4, -0.2) is 38.3 Å². The van der Waals surface area contributed by atoms with Gasteiger partial charge in [0.2, 0.25) is 5.91 Å². The molecule has 2 aliphatic carbocycles. The Morgan fingerprint density at radius 2 is 1.89 bits per heavy atom. The average molecular weight is 252 g/mol. The minimum atomic E-state index is 0.260. The SMILES string of the molecule is O=C(NCCOC1CCNCC1)C1CC2CC2C1. The van der Waals surface area contributed by atoms with Gasteiger partial charge in [-0.1, -0.05) is 0 Å². The molecule has 0 aromatic rings. The van der Waals surface area contributed by atoms with Gasteiger partial charge in [-0.25, -0.2) is 0 Å². The summed E-state index contributed by atoms with van der Waals surface area (Å²) < 4.78 is 5.77. The lowest BCUT2D eigenvalue weighted by molar-refractivity contribution is -0.125. The van der Waals surface area contributed by atoms with Gasteiger partial charge < -0.3 is 15.4 Å². The molecule has 1 heterocycles. The van der Waals surface area contributed by atoms with Crippen molar-refractivity contribution < 1.29 is 9.53 Å². The summed E-state index contributed by atoms with van der Waals surface area (Å²) in [6, 6.07) is 0. The van der Waals surface area contributed by atoms with Crippen LogP contribution in [-0.2, 0) is 9.53 Å². The largest absolute Gasteiger partial charge is 0.376 e. The molecule has 102 valence electrons. The molecular formula is C14H24N2O2. The zero-order valence-corrected chi connectivity index (χ0v) is 11.0. The van der Waals surface area contributed by atoms with Crippen molar-refractivity contribution in [2.45, 2.75) is 38.2 Å². The van der Waals surface area contributed by atoms with E-state index in [-0.39, 0.29) is 5.91 Å². The van der Waals surface area contributed by atoms with Crippen LogP contribution < -0.4 is 10.6 Å². The fourth-order valence-electron chi connectivity index (χ4n) is 3.44. The number of piperidine rings is 1. The summed E-state index contributed by atoms with van der Waals surface area (Å²) in [5, 5.41) is 6.34. The summed E-state index contributed by atoms with van der Waals surface area (Å²) in [5.74, 6) is 2.32.